The van der Waals surface area contributed by atoms with Crippen LogP contribution in [0.5, 0.6) is 0 Å². The van der Waals surface area contributed by atoms with E-state index in [1.165, 1.54) is 6.42 Å². The minimum Gasteiger partial charge on any atom is -0.384 e. The molecule has 0 bridgehead atoms. The Labute approximate surface area is 96.8 Å². The zero-order chi connectivity index (χ0) is 11.4. The molecular formula is C12H21N3O. The van der Waals surface area contributed by atoms with Gasteiger partial charge in [0.05, 0.1) is 18.6 Å². The number of nitrogens with zero attached hydrogens (tertiary/aromatic N) is 2. The van der Waals surface area contributed by atoms with Gasteiger partial charge in [-0.25, -0.2) is 4.98 Å². The summed E-state index contributed by atoms with van der Waals surface area (Å²) in [5.41, 5.74) is 7.16. The summed E-state index contributed by atoms with van der Waals surface area (Å²) in [5.74, 6) is 1.24. The molecule has 0 amide bonds. The highest BCUT2D eigenvalue weighted by molar-refractivity contribution is 5.38. The van der Waals surface area contributed by atoms with Gasteiger partial charge in [0.1, 0.15) is 5.82 Å². The van der Waals surface area contributed by atoms with Gasteiger partial charge >= 0.3 is 0 Å². The van der Waals surface area contributed by atoms with Crippen molar-refractivity contribution in [3.05, 3.63) is 12.0 Å². The van der Waals surface area contributed by atoms with Gasteiger partial charge in [0.15, 0.2) is 0 Å². The summed E-state index contributed by atoms with van der Waals surface area (Å²) in [6.45, 7) is 4.81. The number of unbranched alkanes of at least 4 members (excludes halogenated alkanes) is 1. The van der Waals surface area contributed by atoms with E-state index in [1.807, 2.05) is 6.33 Å². The predicted octanol–water partition coefficient (Wildman–Crippen LogP) is 2.16. The maximum atomic E-state index is 6.12. The van der Waals surface area contributed by atoms with E-state index >= 15 is 0 Å². The SMILES string of the molecule is CCCCn1cnc(C2CCCOC2)c1N. The van der Waals surface area contributed by atoms with Crippen molar-refractivity contribution in [3.63, 3.8) is 0 Å². The van der Waals surface area contributed by atoms with Crippen LogP contribution in [0.25, 0.3) is 0 Å². The highest BCUT2D eigenvalue weighted by Crippen LogP contribution is 2.28. The molecule has 1 fully saturated rings. The molecule has 4 nitrogen and oxygen atoms in total. The van der Waals surface area contributed by atoms with E-state index in [9.17, 15) is 0 Å². The van der Waals surface area contributed by atoms with Gasteiger partial charge in [0.2, 0.25) is 0 Å². The number of hydrogen-bond acceptors (Lipinski definition) is 3. The smallest absolute Gasteiger partial charge is 0.126 e. The molecule has 0 aromatic carbocycles. The van der Waals surface area contributed by atoms with E-state index in [4.69, 9.17) is 10.5 Å². The number of hydrogen-bond donors (Lipinski definition) is 1. The zero-order valence-electron chi connectivity index (χ0n) is 9.98. The Morgan fingerprint density at radius 3 is 3.19 bits per heavy atom. The quantitative estimate of drug-likeness (QED) is 0.851. The number of ether oxygens (including phenoxy) is 1. The van der Waals surface area contributed by atoms with E-state index in [2.05, 4.69) is 16.5 Å². The van der Waals surface area contributed by atoms with Crippen LogP contribution in [0.15, 0.2) is 6.33 Å². The Morgan fingerprint density at radius 1 is 1.62 bits per heavy atom. The summed E-state index contributed by atoms with van der Waals surface area (Å²) >= 11 is 0. The second-order valence-corrected chi connectivity index (χ2v) is 4.48. The average Bonchev–Trinajstić information content (AvgIpc) is 2.69. The molecule has 1 unspecified atom stereocenters. The van der Waals surface area contributed by atoms with E-state index in [0.29, 0.717) is 5.92 Å². The molecule has 0 aliphatic carbocycles. The third-order valence-electron chi connectivity index (χ3n) is 3.21. The number of nitrogen functional groups attached to an aromatic ring is 1. The predicted molar refractivity (Wildman–Crippen MR) is 64.3 cm³/mol. The number of aryl methyl sites for hydroxylation is 1. The lowest BCUT2D eigenvalue weighted by Gasteiger charge is -2.21. The molecule has 2 N–H and O–H groups in total. The van der Waals surface area contributed by atoms with Crippen molar-refractivity contribution in [1.29, 1.82) is 0 Å². The molecular weight excluding hydrogens is 202 g/mol. The first-order chi connectivity index (χ1) is 7.83. The number of rotatable bonds is 4. The van der Waals surface area contributed by atoms with E-state index in [0.717, 1.165) is 50.5 Å². The molecule has 1 atom stereocenters. The first kappa shape index (κ1) is 11.5. The molecule has 4 heteroatoms. The summed E-state index contributed by atoms with van der Waals surface area (Å²) in [6.07, 6.45) is 6.47. The Bertz CT molecular complexity index is 329. The van der Waals surface area contributed by atoms with Crippen LogP contribution in [-0.4, -0.2) is 22.8 Å². The molecule has 2 rings (SSSR count). The topological polar surface area (TPSA) is 53.1 Å². The lowest BCUT2D eigenvalue weighted by Crippen LogP contribution is -2.17. The molecule has 90 valence electrons. The maximum Gasteiger partial charge on any atom is 0.126 e. The lowest BCUT2D eigenvalue weighted by atomic mass is 9.98. The fraction of sp³-hybridized carbons (Fsp3) is 0.750. The summed E-state index contributed by atoms with van der Waals surface area (Å²) in [5, 5.41) is 0. The Kier molecular flexibility index (Phi) is 3.83. The van der Waals surface area contributed by atoms with Gasteiger partial charge in [-0.1, -0.05) is 13.3 Å². The molecule has 16 heavy (non-hydrogen) atoms. The van der Waals surface area contributed by atoms with Crippen molar-refractivity contribution in [2.75, 3.05) is 18.9 Å². The van der Waals surface area contributed by atoms with Crippen molar-refractivity contribution in [2.45, 2.75) is 45.1 Å². The molecule has 1 aromatic rings. The first-order valence-corrected chi connectivity index (χ1v) is 6.21. The third kappa shape index (κ3) is 2.38. The first-order valence-electron chi connectivity index (χ1n) is 6.21. The maximum absolute atomic E-state index is 6.12. The van der Waals surface area contributed by atoms with Crippen molar-refractivity contribution in [2.24, 2.45) is 0 Å². The average molecular weight is 223 g/mol. The Balaban J connectivity index is 2.06. The molecule has 0 spiro atoms. The largest absolute Gasteiger partial charge is 0.384 e. The van der Waals surface area contributed by atoms with E-state index < -0.39 is 0 Å². The molecule has 1 saturated heterocycles. The monoisotopic (exact) mass is 223 g/mol. The van der Waals surface area contributed by atoms with Crippen LogP contribution in [0.1, 0.15) is 44.2 Å². The second-order valence-electron chi connectivity index (χ2n) is 4.48. The number of imidazole rings is 1. The summed E-state index contributed by atoms with van der Waals surface area (Å²) < 4.78 is 7.54. The number of aromatic nitrogens is 2. The molecule has 1 aliphatic rings. The summed E-state index contributed by atoms with van der Waals surface area (Å²) in [7, 11) is 0. The molecule has 1 aromatic heterocycles. The third-order valence-corrected chi connectivity index (χ3v) is 3.21. The van der Waals surface area contributed by atoms with Gasteiger partial charge in [-0.3, -0.25) is 0 Å². The standard InChI is InChI=1S/C12H21N3O/c1-2-3-6-15-9-14-11(12(15)13)10-5-4-7-16-8-10/h9-10H,2-8,13H2,1H3. The lowest BCUT2D eigenvalue weighted by molar-refractivity contribution is 0.0796. The highest BCUT2D eigenvalue weighted by Gasteiger charge is 2.21. The van der Waals surface area contributed by atoms with Crippen LogP contribution >= 0.6 is 0 Å². The van der Waals surface area contributed by atoms with Crippen LogP contribution in [0, 0.1) is 0 Å². The fourth-order valence-corrected chi connectivity index (χ4v) is 2.18. The Hall–Kier alpha value is -1.03. The summed E-state index contributed by atoms with van der Waals surface area (Å²) in [6, 6.07) is 0. The molecule has 2 heterocycles. The van der Waals surface area contributed by atoms with Gasteiger partial charge < -0.3 is 15.0 Å². The van der Waals surface area contributed by atoms with Gasteiger partial charge in [-0.05, 0) is 19.3 Å². The second kappa shape index (κ2) is 5.34. The minimum atomic E-state index is 0.400. The van der Waals surface area contributed by atoms with Crippen LogP contribution in [-0.2, 0) is 11.3 Å². The number of nitrogens with two attached hydrogens (primary N) is 1. The fourth-order valence-electron chi connectivity index (χ4n) is 2.18. The van der Waals surface area contributed by atoms with E-state index in [1.54, 1.807) is 0 Å². The Morgan fingerprint density at radius 2 is 2.50 bits per heavy atom. The van der Waals surface area contributed by atoms with Gasteiger partial charge in [-0.15, -0.1) is 0 Å². The molecule has 0 saturated carbocycles. The molecule has 1 aliphatic heterocycles. The van der Waals surface area contributed by atoms with Gasteiger partial charge in [-0.2, -0.15) is 0 Å². The molecule has 0 radical (unpaired) electrons. The summed E-state index contributed by atoms with van der Waals surface area (Å²) in [4.78, 5) is 4.45. The van der Waals surface area contributed by atoms with Crippen LogP contribution in [0.4, 0.5) is 5.82 Å². The van der Waals surface area contributed by atoms with Gasteiger partial charge in [0, 0.05) is 19.1 Å². The van der Waals surface area contributed by atoms with Crippen molar-refractivity contribution in [3.8, 4) is 0 Å². The van der Waals surface area contributed by atoms with Crippen molar-refractivity contribution in [1.82, 2.24) is 9.55 Å². The highest BCUT2D eigenvalue weighted by atomic mass is 16.5. The van der Waals surface area contributed by atoms with Crippen molar-refractivity contribution >= 4 is 5.82 Å². The minimum absolute atomic E-state index is 0.400. The van der Waals surface area contributed by atoms with Crippen molar-refractivity contribution < 1.29 is 4.74 Å². The normalized spacial score (nSPS) is 21.2. The zero-order valence-corrected chi connectivity index (χ0v) is 9.98. The number of anilines is 1. The van der Waals surface area contributed by atoms with E-state index in [-0.39, 0.29) is 0 Å². The van der Waals surface area contributed by atoms with Crippen LogP contribution in [0.2, 0.25) is 0 Å². The van der Waals surface area contributed by atoms with Crippen LogP contribution in [0.3, 0.4) is 0 Å². The van der Waals surface area contributed by atoms with Crippen LogP contribution < -0.4 is 5.73 Å². The van der Waals surface area contributed by atoms with Gasteiger partial charge in [0.25, 0.3) is 0 Å².